The molecule has 5 nitrogen and oxygen atoms in total. The summed E-state index contributed by atoms with van der Waals surface area (Å²) in [6.07, 6.45) is 0.583. The Hall–Kier alpha value is -1.88. The number of aryl methyl sites for hydroxylation is 1. The average Bonchev–Trinajstić information content (AvgIpc) is 2.72. The fourth-order valence-corrected chi connectivity index (χ4v) is 2.49. The van der Waals surface area contributed by atoms with E-state index in [2.05, 4.69) is 5.32 Å². The molecule has 108 valence electrons. The molecule has 1 heterocycles. The summed E-state index contributed by atoms with van der Waals surface area (Å²) in [7, 11) is 0. The van der Waals surface area contributed by atoms with Gasteiger partial charge in [0.25, 0.3) is 0 Å². The van der Waals surface area contributed by atoms with E-state index in [1.54, 1.807) is 6.92 Å². The fourth-order valence-electron chi connectivity index (χ4n) is 2.49. The van der Waals surface area contributed by atoms with Crippen molar-refractivity contribution in [3.8, 4) is 0 Å². The van der Waals surface area contributed by atoms with E-state index < -0.39 is 11.4 Å². The van der Waals surface area contributed by atoms with Crippen LogP contribution in [0.1, 0.15) is 18.9 Å². The highest BCUT2D eigenvalue weighted by molar-refractivity contribution is 5.92. The van der Waals surface area contributed by atoms with Crippen molar-refractivity contribution < 1.29 is 14.7 Å². The molecule has 1 atom stereocenters. The van der Waals surface area contributed by atoms with Gasteiger partial charge in [-0.3, -0.25) is 14.5 Å². The number of carboxylic acid groups (broad SMARTS) is 1. The van der Waals surface area contributed by atoms with Crippen LogP contribution in [0, 0.1) is 12.3 Å². The maximum absolute atomic E-state index is 12.0. The zero-order chi connectivity index (χ0) is 14.8. The fraction of sp³-hybridized carbons (Fsp3) is 0.467. The molecule has 1 aliphatic heterocycles. The number of hydrogen-bond donors (Lipinski definition) is 2. The van der Waals surface area contributed by atoms with E-state index in [4.69, 9.17) is 5.11 Å². The first-order valence-electron chi connectivity index (χ1n) is 6.71. The monoisotopic (exact) mass is 276 g/mol. The maximum atomic E-state index is 12.0. The normalized spacial score (nSPS) is 22.7. The van der Waals surface area contributed by atoms with Gasteiger partial charge in [0.1, 0.15) is 0 Å². The maximum Gasteiger partial charge on any atom is 0.310 e. The predicted molar refractivity (Wildman–Crippen MR) is 76.6 cm³/mol. The molecular formula is C15H20N2O3. The molecule has 2 rings (SSSR count). The molecule has 0 aliphatic carbocycles. The molecule has 0 aromatic heterocycles. The van der Waals surface area contributed by atoms with Gasteiger partial charge in [0.15, 0.2) is 0 Å². The van der Waals surface area contributed by atoms with E-state index in [-0.39, 0.29) is 12.5 Å². The van der Waals surface area contributed by atoms with Crippen LogP contribution in [0.15, 0.2) is 24.3 Å². The number of anilines is 1. The van der Waals surface area contributed by atoms with E-state index in [0.29, 0.717) is 19.5 Å². The predicted octanol–water partition coefficient (Wildman–Crippen LogP) is 1.73. The number of hydrogen-bond acceptors (Lipinski definition) is 3. The Balaban J connectivity index is 1.89. The van der Waals surface area contributed by atoms with Gasteiger partial charge in [-0.15, -0.1) is 0 Å². The van der Waals surface area contributed by atoms with E-state index >= 15 is 0 Å². The Kier molecular flexibility index (Phi) is 4.09. The lowest BCUT2D eigenvalue weighted by Crippen LogP contribution is -2.35. The molecule has 1 aromatic rings. The van der Waals surface area contributed by atoms with Gasteiger partial charge in [-0.25, -0.2) is 0 Å². The molecular weight excluding hydrogens is 256 g/mol. The van der Waals surface area contributed by atoms with Crippen LogP contribution in [0.3, 0.4) is 0 Å². The van der Waals surface area contributed by atoms with Crippen molar-refractivity contribution in [1.29, 1.82) is 0 Å². The molecule has 1 unspecified atom stereocenters. The summed E-state index contributed by atoms with van der Waals surface area (Å²) in [5.41, 5.74) is 1.13. The van der Waals surface area contributed by atoms with Crippen molar-refractivity contribution >= 4 is 17.6 Å². The van der Waals surface area contributed by atoms with E-state index in [1.165, 1.54) is 0 Å². The highest BCUT2D eigenvalue weighted by Gasteiger charge is 2.40. The Labute approximate surface area is 118 Å². The molecule has 0 bridgehead atoms. The average molecular weight is 276 g/mol. The van der Waals surface area contributed by atoms with E-state index in [9.17, 15) is 9.59 Å². The lowest BCUT2D eigenvalue weighted by atomic mass is 9.90. The number of carbonyl (C=O) groups excluding carboxylic acids is 1. The minimum Gasteiger partial charge on any atom is -0.481 e. The summed E-state index contributed by atoms with van der Waals surface area (Å²) in [5, 5.41) is 12.0. The summed E-state index contributed by atoms with van der Waals surface area (Å²) < 4.78 is 0. The summed E-state index contributed by atoms with van der Waals surface area (Å²) >= 11 is 0. The molecule has 5 heteroatoms. The van der Waals surface area contributed by atoms with Crippen LogP contribution in [-0.2, 0) is 9.59 Å². The number of nitrogens with zero attached hydrogens (tertiary/aromatic N) is 1. The van der Waals surface area contributed by atoms with Gasteiger partial charge in [0.05, 0.1) is 12.0 Å². The number of rotatable bonds is 4. The molecule has 20 heavy (non-hydrogen) atoms. The van der Waals surface area contributed by atoms with Crippen LogP contribution < -0.4 is 5.32 Å². The first-order valence-corrected chi connectivity index (χ1v) is 6.71. The van der Waals surface area contributed by atoms with Crippen LogP contribution in [0.4, 0.5) is 5.69 Å². The van der Waals surface area contributed by atoms with Gasteiger partial charge in [-0.05, 0) is 44.5 Å². The standard InChI is InChI=1S/C15H20N2O3/c1-11-4-3-5-12(8-11)16-13(18)9-17-7-6-15(2,10-17)14(19)20/h3-5,8H,6-7,9-10H2,1-2H3,(H,16,18)(H,19,20). The third kappa shape index (κ3) is 3.36. The van der Waals surface area contributed by atoms with Gasteiger partial charge in [0.2, 0.25) is 5.91 Å². The largest absolute Gasteiger partial charge is 0.481 e. The first kappa shape index (κ1) is 14.5. The number of aliphatic carboxylic acids is 1. The smallest absolute Gasteiger partial charge is 0.310 e. The second-order valence-electron chi connectivity index (χ2n) is 5.74. The van der Waals surface area contributed by atoms with Crippen molar-refractivity contribution in [3.63, 3.8) is 0 Å². The molecule has 0 radical (unpaired) electrons. The number of benzene rings is 1. The van der Waals surface area contributed by atoms with Crippen LogP contribution in [-0.4, -0.2) is 41.5 Å². The van der Waals surface area contributed by atoms with Gasteiger partial charge in [-0.2, -0.15) is 0 Å². The van der Waals surface area contributed by atoms with Crippen LogP contribution in [0.25, 0.3) is 0 Å². The van der Waals surface area contributed by atoms with E-state index in [0.717, 1.165) is 11.3 Å². The summed E-state index contributed by atoms with van der Waals surface area (Å²) in [6.45, 7) is 4.99. The number of carbonyl (C=O) groups is 2. The molecule has 1 fully saturated rings. The third-order valence-electron chi connectivity index (χ3n) is 3.74. The van der Waals surface area contributed by atoms with Crippen molar-refractivity contribution in [1.82, 2.24) is 4.90 Å². The van der Waals surface area contributed by atoms with Crippen LogP contribution in [0.5, 0.6) is 0 Å². The molecule has 1 aromatic carbocycles. The second-order valence-corrected chi connectivity index (χ2v) is 5.74. The zero-order valence-corrected chi connectivity index (χ0v) is 11.8. The molecule has 1 aliphatic rings. The van der Waals surface area contributed by atoms with Crippen molar-refractivity contribution in [2.45, 2.75) is 20.3 Å². The Bertz CT molecular complexity index is 530. The van der Waals surface area contributed by atoms with Gasteiger partial charge < -0.3 is 10.4 Å². The van der Waals surface area contributed by atoms with Crippen molar-refractivity contribution in [2.75, 3.05) is 25.0 Å². The quantitative estimate of drug-likeness (QED) is 0.878. The topological polar surface area (TPSA) is 69.6 Å². The van der Waals surface area contributed by atoms with Gasteiger partial charge >= 0.3 is 5.97 Å². The third-order valence-corrected chi connectivity index (χ3v) is 3.74. The number of carboxylic acids is 1. The van der Waals surface area contributed by atoms with Crippen molar-refractivity contribution in [3.05, 3.63) is 29.8 Å². The van der Waals surface area contributed by atoms with Crippen molar-refractivity contribution in [2.24, 2.45) is 5.41 Å². The Morgan fingerprint density at radius 3 is 2.80 bits per heavy atom. The van der Waals surface area contributed by atoms with Gasteiger partial charge in [0, 0.05) is 12.2 Å². The first-order chi connectivity index (χ1) is 9.39. The Morgan fingerprint density at radius 1 is 1.45 bits per heavy atom. The van der Waals surface area contributed by atoms with Gasteiger partial charge in [-0.1, -0.05) is 12.1 Å². The molecule has 1 amide bonds. The lowest BCUT2D eigenvalue weighted by Gasteiger charge is -2.19. The van der Waals surface area contributed by atoms with Crippen LogP contribution in [0.2, 0.25) is 0 Å². The van der Waals surface area contributed by atoms with Crippen LogP contribution >= 0.6 is 0 Å². The number of amides is 1. The summed E-state index contributed by atoms with van der Waals surface area (Å²) in [5.74, 6) is -0.899. The molecule has 2 N–H and O–H groups in total. The van der Waals surface area contributed by atoms with E-state index in [1.807, 2.05) is 36.1 Å². The molecule has 0 saturated carbocycles. The SMILES string of the molecule is Cc1cccc(NC(=O)CN2CCC(C)(C(=O)O)C2)c1. The molecule has 0 spiro atoms. The number of likely N-dealkylation sites (tertiary alicyclic amines) is 1. The minimum atomic E-state index is -0.793. The highest BCUT2D eigenvalue weighted by Crippen LogP contribution is 2.29. The lowest BCUT2D eigenvalue weighted by molar-refractivity contribution is -0.147. The molecule has 1 saturated heterocycles. The summed E-state index contributed by atoms with van der Waals surface area (Å²) in [6, 6.07) is 7.61. The number of nitrogens with one attached hydrogen (secondary N) is 1. The highest BCUT2D eigenvalue weighted by atomic mass is 16.4. The summed E-state index contributed by atoms with van der Waals surface area (Å²) in [4.78, 5) is 25.0. The Morgan fingerprint density at radius 2 is 2.20 bits per heavy atom. The minimum absolute atomic E-state index is 0.106. The second kappa shape index (κ2) is 5.63. The zero-order valence-electron chi connectivity index (χ0n) is 11.8.